The summed E-state index contributed by atoms with van der Waals surface area (Å²) >= 11 is 0. The van der Waals surface area contributed by atoms with Crippen LogP contribution in [0.4, 0.5) is 0 Å². The third-order valence-electron chi connectivity index (χ3n) is 4.91. The molecule has 0 aromatic carbocycles. The van der Waals surface area contributed by atoms with E-state index in [0.717, 1.165) is 19.3 Å². The Morgan fingerprint density at radius 3 is 2.05 bits per heavy atom. The zero-order chi connectivity index (χ0) is 14.9. The van der Waals surface area contributed by atoms with Crippen LogP contribution in [0.2, 0.25) is 0 Å². The maximum atomic E-state index is 12.8. The quantitative estimate of drug-likeness (QED) is 0.836. The molecule has 2 saturated carbocycles. The Morgan fingerprint density at radius 1 is 1.05 bits per heavy atom. The van der Waals surface area contributed by atoms with Gasteiger partial charge in [0.2, 0.25) is 5.91 Å². The third-order valence-corrected chi connectivity index (χ3v) is 4.91. The van der Waals surface area contributed by atoms with Crippen molar-refractivity contribution in [3.63, 3.8) is 0 Å². The van der Waals surface area contributed by atoms with Crippen molar-refractivity contribution in [3.8, 4) is 0 Å². The van der Waals surface area contributed by atoms with Crippen LogP contribution >= 0.6 is 0 Å². The number of nitrogens with two attached hydrogens (primary N) is 1. The molecule has 2 aliphatic rings. The molecule has 0 saturated heterocycles. The van der Waals surface area contributed by atoms with E-state index in [0.29, 0.717) is 18.1 Å². The number of nitrogens with zero attached hydrogens (tertiary/aromatic N) is 2. The summed E-state index contributed by atoms with van der Waals surface area (Å²) in [4.78, 5) is 17.3. The van der Waals surface area contributed by atoms with E-state index < -0.39 is 0 Å². The van der Waals surface area contributed by atoms with E-state index in [4.69, 9.17) is 5.73 Å². The van der Waals surface area contributed by atoms with Crippen molar-refractivity contribution >= 4 is 5.91 Å². The molecular weight excluding hydrogens is 250 g/mol. The van der Waals surface area contributed by atoms with Gasteiger partial charge in [0.25, 0.3) is 0 Å². The molecule has 3 unspecified atom stereocenters. The molecule has 0 bridgehead atoms. The first-order valence-electron chi connectivity index (χ1n) is 8.17. The van der Waals surface area contributed by atoms with Gasteiger partial charge in [-0.25, -0.2) is 0 Å². The van der Waals surface area contributed by atoms with E-state index in [1.54, 1.807) is 0 Å². The number of carbonyl (C=O) groups is 1. The van der Waals surface area contributed by atoms with Gasteiger partial charge >= 0.3 is 0 Å². The van der Waals surface area contributed by atoms with Crippen LogP contribution < -0.4 is 5.73 Å². The molecule has 2 rings (SSSR count). The highest BCUT2D eigenvalue weighted by Gasteiger charge is 2.43. The van der Waals surface area contributed by atoms with Crippen LogP contribution in [0.15, 0.2) is 0 Å². The minimum Gasteiger partial charge on any atom is -0.334 e. The molecule has 0 aromatic heterocycles. The van der Waals surface area contributed by atoms with Crippen molar-refractivity contribution in [2.24, 2.45) is 11.7 Å². The summed E-state index contributed by atoms with van der Waals surface area (Å²) in [6.45, 7) is 4.08. The predicted octanol–water partition coefficient (Wildman–Crippen LogP) is 1.83. The molecule has 116 valence electrons. The van der Waals surface area contributed by atoms with Crippen molar-refractivity contribution in [1.29, 1.82) is 0 Å². The van der Waals surface area contributed by atoms with E-state index in [2.05, 4.69) is 23.9 Å². The topological polar surface area (TPSA) is 49.6 Å². The second kappa shape index (κ2) is 6.44. The number of carbonyl (C=O) groups excluding carboxylic acids is 1. The van der Waals surface area contributed by atoms with Crippen molar-refractivity contribution in [2.45, 2.75) is 76.5 Å². The Kier molecular flexibility index (Phi) is 5.08. The van der Waals surface area contributed by atoms with Gasteiger partial charge in [-0.2, -0.15) is 0 Å². The lowest BCUT2D eigenvalue weighted by Gasteiger charge is -2.44. The molecule has 4 heteroatoms. The third kappa shape index (κ3) is 3.34. The van der Waals surface area contributed by atoms with Gasteiger partial charge in [0.15, 0.2) is 0 Å². The number of rotatable bonds is 5. The van der Waals surface area contributed by atoms with Crippen LogP contribution in [0.3, 0.4) is 0 Å². The van der Waals surface area contributed by atoms with E-state index in [9.17, 15) is 4.79 Å². The number of hydrogen-bond donors (Lipinski definition) is 1. The molecule has 3 atom stereocenters. The van der Waals surface area contributed by atoms with E-state index in [-0.39, 0.29) is 17.9 Å². The largest absolute Gasteiger partial charge is 0.334 e. The van der Waals surface area contributed by atoms with Crippen molar-refractivity contribution in [2.75, 3.05) is 14.1 Å². The first kappa shape index (κ1) is 15.8. The summed E-state index contributed by atoms with van der Waals surface area (Å²) in [7, 11) is 4.28. The Bertz CT molecular complexity index is 339. The van der Waals surface area contributed by atoms with Gasteiger partial charge in [-0.1, -0.05) is 26.7 Å². The normalized spacial score (nSPS) is 28.8. The zero-order valence-corrected chi connectivity index (χ0v) is 13.5. The smallest absolute Gasteiger partial charge is 0.240 e. The molecular formula is C16H31N3O. The maximum Gasteiger partial charge on any atom is 0.240 e. The Balaban J connectivity index is 2.16. The SMILES string of the molecule is CC(C)C(N)C(=O)N(C1CC1)C1CCCCC1N(C)C. The molecule has 2 N–H and O–H groups in total. The zero-order valence-electron chi connectivity index (χ0n) is 13.5. The van der Waals surface area contributed by atoms with E-state index >= 15 is 0 Å². The fraction of sp³-hybridized carbons (Fsp3) is 0.938. The second-order valence-corrected chi connectivity index (χ2v) is 7.13. The standard InChI is InChI=1S/C16H31N3O/c1-11(2)15(17)16(20)19(12-9-10-12)14-8-6-5-7-13(14)18(3)4/h11-15H,5-10,17H2,1-4H3. The summed E-state index contributed by atoms with van der Waals surface area (Å²) in [5.41, 5.74) is 6.15. The lowest BCUT2D eigenvalue weighted by Crippen LogP contribution is -2.58. The van der Waals surface area contributed by atoms with Gasteiger partial charge in [0, 0.05) is 18.1 Å². The molecule has 0 spiro atoms. The predicted molar refractivity (Wildman–Crippen MR) is 82.4 cm³/mol. The molecule has 0 heterocycles. The van der Waals surface area contributed by atoms with Crippen molar-refractivity contribution in [3.05, 3.63) is 0 Å². The van der Waals surface area contributed by atoms with Crippen LogP contribution in [0.5, 0.6) is 0 Å². The summed E-state index contributed by atoms with van der Waals surface area (Å²) in [6, 6.07) is 0.967. The monoisotopic (exact) mass is 281 g/mol. The first-order valence-corrected chi connectivity index (χ1v) is 8.17. The van der Waals surface area contributed by atoms with Crippen LogP contribution in [0, 0.1) is 5.92 Å². The molecule has 0 radical (unpaired) electrons. The number of hydrogen-bond acceptors (Lipinski definition) is 3. The van der Waals surface area contributed by atoms with Gasteiger partial charge in [0.05, 0.1) is 6.04 Å². The van der Waals surface area contributed by atoms with E-state index in [1.165, 1.54) is 19.3 Å². The summed E-state index contributed by atoms with van der Waals surface area (Å²) in [6.07, 6.45) is 7.17. The fourth-order valence-corrected chi connectivity index (χ4v) is 3.44. The minimum atomic E-state index is -0.347. The molecule has 20 heavy (non-hydrogen) atoms. The molecule has 2 aliphatic carbocycles. The first-order chi connectivity index (χ1) is 9.43. The van der Waals surface area contributed by atoms with Crippen LogP contribution in [0.1, 0.15) is 52.4 Å². The summed E-state index contributed by atoms with van der Waals surface area (Å²) in [5.74, 6) is 0.395. The highest BCUT2D eigenvalue weighted by Crippen LogP contribution is 2.35. The van der Waals surface area contributed by atoms with Gasteiger partial charge in [0.1, 0.15) is 0 Å². The van der Waals surface area contributed by atoms with Crippen molar-refractivity contribution in [1.82, 2.24) is 9.80 Å². The van der Waals surface area contributed by atoms with Crippen molar-refractivity contribution < 1.29 is 4.79 Å². The Labute approximate surface area is 123 Å². The van der Waals surface area contributed by atoms with Gasteiger partial charge in [-0.05, 0) is 45.7 Å². The molecule has 0 aliphatic heterocycles. The fourth-order valence-electron chi connectivity index (χ4n) is 3.44. The molecule has 0 aromatic rings. The Morgan fingerprint density at radius 2 is 1.60 bits per heavy atom. The van der Waals surface area contributed by atoms with Gasteiger partial charge < -0.3 is 15.5 Å². The van der Waals surface area contributed by atoms with Gasteiger partial charge in [-0.15, -0.1) is 0 Å². The second-order valence-electron chi connectivity index (χ2n) is 7.13. The van der Waals surface area contributed by atoms with E-state index in [1.807, 2.05) is 13.8 Å². The van der Waals surface area contributed by atoms with Crippen LogP contribution in [-0.2, 0) is 4.79 Å². The number of amides is 1. The average Bonchev–Trinajstić information content (AvgIpc) is 3.22. The lowest BCUT2D eigenvalue weighted by atomic mass is 9.87. The maximum absolute atomic E-state index is 12.8. The van der Waals surface area contributed by atoms with Crippen LogP contribution in [0.25, 0.3) is 0 Å². The Hall–Kier alpha value is -0.610. The molecule has 2 fully saturated rings. The summed E-state index contributed by atoms with van der Waals surface area (Å²) in [5, 5.41) is 0. The lowest BCUT2D eigenvalue weighted by molar-refractivity contribution is -0.139. The van der Waals surface area contributed by atoms with Gasteiger partial charge in [-0.3, -0.25) is 4.79 Å². The molecule has 4 nitrogen and oxygen atoms in total. The highest BCUT2D eigenvalue weighted by molar-refractivity contribution is 5.83. The van der Waals surface area contributed by atoms with Crippen LogP contribution in [-0.4, -0.2) is 54.0 Å². The highest BCUT2D eigenvalue weighted by atomic mass is 16.2. The summed E-state index contributed by atoms with van der Waals surface area (Å²) < 4.78 is 0. The molecule has 1 amide bonds. The average molecular weight is 281 g/mol. The minimum absolute atomic E-state index is 0.182. The number of likely N-dealkylation sites (N-methyl/N-ethyl adjacent to an activating group) is 1.